The SMILES string of the molecule is NCC(CC(=O)Nc1cc(Cl)cc(-c2ccncc2)c1)c1ccc(Br)s1. The maximum absolute atomic E-state index is 12.5. The smallest absolute Gasteiger partial charge is 0.225 e. The van der Waals surface area contributed by atoms with E-state index in [1.54, 1.807) is 29.8 Å². The van der Waals surface area contributed by atoms with Crippen LogP contribution in [-0.4, -0.2) is 17.4 Å². The molecule has 7 heteroatoms. The minimum Gasteiger partial charge on any atom is -0.330 e. The second-order valence-corrected chi connectivity index (χ2v) is 8.72. The number of hydrogen-bond donors (Lipinski definition) is 2. The first kappa shape index (κ1) is 19.0. The normalized spacial score (nSPS) is 12.0. The fourth-order valence-electron chi connectivity index (χ4n) is 2.66. The molecular formula is C19H17BrClN3OS. The number of benzene rings is 1. The van der Waals surface area contributed by atoms with E-state index in [1.165, 1.54) is 0 Å². The summed E-state index contributed by atoms with van der Waals surface area (Å²) in [7, 11) is 0. The molecule has 0 aliphatic rings. The highest BCUT2D eigenvalue weighted by Crippen LogP contribution is 2.31. The molecule has 0 saturated heterocycles. The highest BCUT2D eigenvalue weighted by Gasteiger charge is 2.17. The number of nitrogens with two attached hydrogens (primary N) is 1. The monoisotopic (exact) mass is 449 g/mol. The van der Waals surface area contributed by atoms with Gasteiger partial charge < -0.3 is 11.1 Å². The standard InChI is InChI=1S/C19H17BrClN3OS/c20-18-2-1-17(26-18)14(11-22)9-19(25)24-16-8-13(7-15(21)10-16)12-3-5-23-6-4-12/h1-8,10,14H,9,11,22H2,(H,24,25). The van der Waals surface area contributed by atoms with Crippen molar-refractivity contribution in [3.05, 3.63) is 68.5 Å². The van der Waals surface area contributed by atoms with Crippen LogP contribution >= 0.6 is 38.9 Å². The number of nitrogens with one attached hydrogen (secondary N) is 1. The third-order valence-electron chi connectivity index (χ3n) is 3.91. The van der Waals surface area contributed by atoms with Crippen molar-refractivity contribution in [2.45, 2.75) is 12.3 Å². The summed E-state index contributed by atoms with van der Waals surface area (Å²) in [5.74, 6) is -0.0990. The molecule has 2 aromatic heterocycles. The van der Waals surface area contributed by atoms with E-state index < -0.39 is 0 Å². The molecule has 26 heavy (non-hydrogen) atoms. The Labute approximate surface area is 169 Å². The Morgan fingerprint density at radius 1 is 1.19 bits per heavy atom. The molecule has 0 aliphatic carbocycles. The summed E-state index contributed by atoms with van der Waals surface area (Å²) in [5.41, 5.74) is 8.44. The summed E-state index contributed by atoms with van der Waals surface area (Å²) in [5, 5.41) is 3.49. The molecule has 0 bridgehead atoms. The van der Waals surface area contributed by atoms with Crippen molar-refractivity contribution < 1.29 is 4.79 Å². The number of hydrogen-bond acceptors (Lipinski definition) is 4. The Balaban J connectivity index is 1.74. The summed E-state index contributed by atoms with van der Waals surface area (Å²) in [6, 6.07) is 13.3. The van der Waals surface area contributed by atoms with E-state index in [4.69, 9.17) is 17.3 Å². The molecule has 134 valence electrons. The van der Waals surface area contributed by atoms with Gasteiger partial charge in [0, 0.05) is 46.9 Å². The van der Waals surface area contributed by atoms with E-state index in [2.05, 4.69) is 26.2 Å². The van der Waals surface area contributed by atoms with Gasteiger partial charge in [0.2, 0.25) is 5.91 Å². The third-order valence-corrected chi connectivity index (χ3v) is 5.91. The largest absolute Gasteiger partial charge is 0.330 e. The summed E-state index contributed by atoms with van der Waals surface area (Å²) >= 11 is 11.3. The highest BCUT2D eigenvalue weighted by atomic mass is 79.9. The van der Waals surface area contributed by atoms with Crippen LogP contribution in [0.25, 0.3) is 11.1 Å². The van der Waals surface area contributed by atoms with Crippen LogP contribution in [0.2, 0.25) is 5.02 Å². The van der Waals surface area contributed by atoms with Gasteiger partial charge in [-0.15, -0.1) is 11.3 Å². The second-order valence-electron chi connectivity index (χ2n) is 5.79. The third kappa shape index (κ3) is 4.92. The van der Waals surface area contributed by atoms with E-state index >= 15 is 0 Å². The number of carbonyl (C=O) groups is 1. The predicted octanol–water partition coefficient (Wildman–Crippen LogP) is 5.30. The number of amides is 1. The van der Waals surface area contributed by atoms with Gasteiger partial charge in [0.25, 0.3) is 0 Å². The minimum atomic E-state index is -0.0899. The molecule has 4 nitrogen and oxygen atoms in total. The number of rotatable bonds is 6. The summed E-state index contributed by atoms with van der Waals surface area (Å²) < 4.78 is 1.03. The number of halogens is 2. The lowest BCUT2D eigenvalue weighted by molar-refractivity contribution is -0.116. The van der Waals surface area contributed by atoms with Crippen LogP contribution in [0.5, 0.6) is 0 Å². The van der Waals surface area contributed by atoms with Crippen molar-refractivity contribution in [1.29, 1.82) is 0 Å². The van der Waals surface area contributed by atoms with Crippen LogP contribution in [0.1, 0.15) is 17.2 Å². The van der Waals surface area contributed by atoms with E-state index in [0.29, 0.717) is 23.7 Å². The summed E-state index contributed by atoms with van der Waals surface area (Å²) in [4.78, 5) is 17.6. The number of aromatic nitrogens is 1. The van der Waals surface area contributed by atoms with Crippen LogP contribution in [0.4, 0.5) is 5.69 Å². The molecule has 1 unspecified atom stereocenters. The van der Waals surface area contributed by atoms with Crippen LogP contribution in [0.15, 0.2) is 58.6 Å². The summed E-state index contributed by atoms with van der Waals surface area (Å²) in [6.45, 7) is 0.415. The zero-order chi connectivity index (χ0) is 18.5. The first-order valence-corrected chi connectivity index (χ1v) is 10.00. The average molecular weight is 451 g/mol. The molecule has 0 spiro atoms. The lowest BCUT2D eigenvalue weighted by Gasteiger charge is -2.14. The molecule has 1 atom stereocenters. The fraction of sp³-hybridized carbons (Fsp3) is 0.158. The van der Waals surface area contributed by atoms with E-state index in [-0.39, 0.29) is 11.8 Å². The average Bonchev–Trinajstić information content (AvgIpc) is 3.06. The minimum absolute atomic E-state index is 0.00912. The lowest BCUT2D eigenvalue weighted by Crippen LogP contribution is -2.20. The van der Waals surface area contributed by atoms with Gasteiger partial charge >= 0.3 is 0 Å². The van der Waals surface area contributed by atoms with Gasteiger partial charge in [0.05, 0.1) is 3.79 Å². The fourth-order valence-corrected chi connectivity index (χ4v) is 4.43. The van der Waals surface area contributed by atoms with Crippen LogP contribution in [0, 0.1) is 0 Å². The van der Waals surface area contributed by atoms with Crippen molar-refractivity contribution >= 4 is 50.5 Å². The maximum atomic E-state index is 12.5. The van der Waals surface area contributed by atoms with Crippen molar-refractivity contribution in [3.8, 4) is 11.1 Å². The molecule has 1 aromatic carbocycles. The van der Waals surface area contributed by atoms with Gasteiger partial charge in [-0.25, -0.2) is 0 Å². The molecule has 0 radical (unpaired) electrons. The second kappa shape index (κ2) is 8.77. The van der Waals surface area contributed by atoms with Crippen LogP contribution < -0.4 is 11.1 Å². The lowest BCUT2D eigenvalue weighted by atomic mass is 10.0. The first-order chi connectivity index (χ1) is 12.5. The molecule has 0 saturated carbocycles. The van der Waals surface area contributed by atoms with Gasteiger partial charge in [-0.2, -0.15) is 0 Å². The molecule has 0 fully saturated rings. The van der Waals surface area contributed by atoms with Crippen LogP contribution in [0.3, 0.4) is 0 Å². The Morgan fingerprint density at radius 2 is 1.96 bits per heavy atom. The number of thiophene rings is 1. The van der Waals surface area contributed by atoms with Crippen LogP contribution in [-0.2, 0) is 4.79 Å². The Bertz CT molecular complexity index is 901. The van der Waals surface area contributed by atoms with E-state index in [1.807, 2.05) is 36.4 Å². The molecule has 0 aliphatic heterocycles. The van der Waals surface area contributed by atoms with Crippen molar-refractivity contribution in [1.82, 2.24) is 4.98 Å². The number of pyridine rings is 1. The topological polar surface area (TPSA) is 68.0 Å². The number of nitrogens with zero attached hydrogens (tertiary/aromatic N) is 1. The Hall–Kier alpha value is -1.73. The highest BCUT2D eigenvalue weighted by molar-refractivity contribution is 9.11. The molecule has 2 heterocycles. The van der Waals surface area contributed by atoms with Crippen molar-refractivity contribution in [2.75, 3.05) is 11.9 Å². The van der Waals surface area contributed by atoms with E-state index in [9.17, 15) is 4.79 Å². The Kier molecular flexibility index (Phi) is 6.43. The van der Waals surface area contributed by atoms with Gasteiger partial charge in [0.1, 0.15) is 0 Å². The van der Waals surface area contributed by atoms with Gasteiger partial charge in [-0.3, -0.25) is 9.78 Å². The molecule has 3 N–H and O–H groups in total. The first-order valence-electron chi connectivity index (χ1n) is 8.01. The summed E-state index contributed by atoms with van der Waals surface area (Å²) in [6.07, 6.45) is 3.76. The molecule has 1 amide bonds. The quantitative estimate of drug-likeness (QED) is 0.535. The van der Waals surface area contributed by atoms with Crippen molar-refractivity contribution in [3.63, 3.8) is 0 Å². The van der Waals surface area contributed by atoms with Gasteiger partial charge in [0.15, 0.2) is 0 Å². The van der Waals surface area contributed by atoms with E-state index in [0.717, 1.165) is 19.8 Å². The zero-order valence-corrected chi connectivity index (χ0v) is 16.9. The zero-order valence-electron chi connectivity index (χ0n) is 13.8. The molecule has 3 rings (SSSR count). The number of anilines is 1. The Morgan fingerprint density at radius 3 is 2.62 bits per heavy atom. The van der Waals surface area contributed by atoms with Gasteiger partial charge in [-0.1, -0.05) is 11.6 Å². The molecule has 3 aromatic rings. The maximum Gasteiger partial charge on any atom is 0.225 e. The van der Waals surface area contributed by atoms with Crippen molar-refractivity contribution in [2.24, 2.45) is 5.73 Å². The molecular weight excluding hydrogens is 434 g/mol. The predicted molar refractivity (Wildman–Crippen MR) is 112 cm³/mol. The van der Waals surface area contributed by atoms with Gasteiger partial charge in [-0.05, 0) is 69.5 Å². The number of carbonyl (C=O) groups excluding carboxylic acids is 1.